The number of carbonyl (C=O) groups is 1. The van der Waals surface area contributed by atoms with Crippen molar-refractivity contribution in [2.24, 2.45) is 0 Å². The van der Waals surface area contributed by atoms with Gasteiger partial charge in [0.25, 0.3) is 5.69 Å². The number of non-ortho nitro benzene ring substituents is 1. The smallest absolute Gasteiger partial charge is 0.325 e. The lowest BCUT2D eigenvalue weighted by Crippen LogP contribution is -2.19. The zero-order valence-electron chi connectivity index (χ0n) is 14.2. The van der Waals surface area contributed by atoms with Crippen LogP contribution in [0.2, 0.25) is 0 Å². The summed E-state index contributed by atoms with van der Waals surface area (Å²) in [5, 5.41) is 25.0. The predicted octanol–water partition coefficient (Wildman–Crippen LogP) is 3.69. The number of hydrogen-bond acceptors (Lipinski definition) is 7. The molecule has 0 aliphatic rings. The largest absolute Gasteiger partial charge is 0.495 e. The van der Waals surface area contributed by atoms with Crippen molar-refractivity contribution in [3.05, 3.63) is 69.2 Å². The maximum Gasteiger partial charge on any atom is 0.325 e. The van der Waals surface area contributed by atoms with E-state index in [0.29, 0.717) is 28.0 Å². The summed E-state index contributed by atoms with van der Waals surface area (Å²) in [5.41, 5.74) is 1.43. The van der Waals surface area contributed by atoms with Crippen LogP contribution in [0.4, 0.5) is 21.3 Å². The lowest BCUT2D eigenvalue weighted by Gasteiger charge is -2.09. The molecule has 0 unspecified atom stereocenters. The molecule has 0 saturated carbocycles. The number of benzene rings is 2. The highest BCUT2D eigenvalue weighted by atomic mass is 32.1. The Morgan fingerprint density at radius 1 is 1.15 bits per heavy atom. The lowest BCUT2D eigenvalue weighted by atomic mass is 10.1. The number of nitro benzene ring substituents is 1. The molecule has 0 aliphatic heterocycles. The summed E-state index contributed by atoms with van der Waals surface area (Å²) in [7, 11) is 1.52. The average Bonchev–Trinajstić information content (AvgIpc) is 3.09. The van der Waals surface area contributed by atoms with Crippen molar-refractivity contribution in [2.45, 2.75) is 6.42 Å². The third kappa shape index (κ3) is 4.76. The summed E-state index contributed by atoms with van der Waals surface area (Å²) in [6, 6.07) is 12.8. The Hall–Kier alpha value is -3.53. The summed E-state index contributed by atoms with van der Waals surface area (Å²) in [6.45, 7) is 0. The SMILES string of the molecule is COc1ccccc1NC(=O)Nc1nnc(Cc2ccc([N+](=O)[O-])cc2)s1. The average molecular weight is 385 g/mol. The van der Waals surface area contributed by atoms with Crippen LogP contribution in [-0.2, 0) is 6.42 Å². The lowest BCUT2D eigenvalue weighted by molar-refractivity contribution is -0.384. The molecule has 0 saturated heterocycles. The normalized spacial score (nSPS) is 10.3. The number of amides is 2. The molecule has 9 nitrogen and oxygen atoms in total. The Balaban J connectivity index is 1.60. The number of nitrogens with zero attached hydrogens (tertiary/aromatic N) is 3. The highest BCUT2D eigenvalue weighted by Crippen LogP contribution is 2.24. The fourth-order valence-electron chi connectivity index (χ4n) is 2.28. The van der Waals surface area contributed by atoms with Gasteiger partial charge in [-0.05, 0) is 17.7 Å². The fourth-order valence-corrected chi connectivity index (χ4v) is 3.05. The molecule has 0 radical (unpaired) electrons. The van der Waals surface area contributed by atoms with Crippen LogP contribution in [0.25, 0.3) is 0 Å². The van der Waals surface area contributed by atoms with E-state index in [-0.39, 0.29) is 5.69 Å². The summed E-state index contributed by atoms with van der Waals surface area (Å²) in [4.78, 5) is 22.3. The molecule has 3 aromatic rings. The minimum atomic E-state index is -0.461. The zero-order valence-corrected chi connectivity index (χ0v) is 15.0. The molecule has 138 valence electrons. The van der Waals surface area contributed by atoms with Gasteiger partial charge in [0.05, 0.1) is 17.7 Å². The minimum absolute atomic E-state index is 0.0337. The van der Waals surface area contributed by atoms with Crippen LogP contribution in [0, 0.1) is 10.1 Å². The van der Waals surface area contributed by atoms with Crippen LogP contribution in [0.15, 0.2) is 48.5 Å². The van der Waals surface area contributed by atoms with Gasteiger partial charge < -0.3 is 10.1 Å². The molecule has 0 spiro atoms. The molecule has 0 bridgehead atoms. The number of rotatable bonds is 6. The quantitative estimate of drug-likeness (QED) is 0.493. The van der Waals surface area contributed by atoms with E-state index in [1.54, 1.807) is 36.4 Å². The molecular formula is C17H15N5O4S. The molecule has 3 rings (SSSR count). The number of aromatic nitrogens is 2. The predicted molar refractivity (Wildman–Crippen MR) is 101 cm³/mol. The van der Waals surface area contributed by atoms with Crippen LogP contribution in [0.5, 0.6) is 5.75 Å². The van der Waals surface area contributed by atoms with Crippen LogP contribution in [0.1, 0.15) is 10.6 Å². The summed E-state index contributed by atoms with van der Waals surface area (Å²) in [5.74, 6) is 0.545. The van der Waals surface area contributed by atoms with Crippen LogP contribution in [-0.4, -0.2) is 28.3 Å². The first-order valence-corrected chi connectivity index (χ1v) is 8.63. The third-order valence-electron chi connectivity index (χ3n) is 3.54. The van der Waals surface area contributed by atoms with Crippen molar-refractivity contribution in [3.63, 3.8) is 0 Å². The van der Waals surface area contributed by atoms with E-state index in [1.165, 1.54) is 30.6 Å². The molecule has 10 heteroatoms. The van der Waals surface area contributed by atoms with Crippen molar-refractivity contribution in [1.29, 1.82) is 0 Å². The van der Waals surface area contributed by atoms with E-state index < -0.39 is 11.0 Å². The van der Waals surface area contributed by atoms with Crippen molar-refractivity contribution in [1.82, 2.24) is 10.2 Å². The first-order chi connectivity index (χ1) is 13.0. The van der Waals surface area contributed by atoms with Gasteiger partial charge in [0, 0.05) is 18.6 Å². The standard InChI is InChI=1S/C17H15N5O4S/c1-26-14-5-3-2-4-13(14)18-16(23)19-17-21-20-15(27-17)10-11-6-8-12(9-7-11)22(24)25/h2-9H,10H2,1H3,(H2,18,19,21,23). The third-order valence-corrected chi connectivity index (χ3v) is 4.38. The highest BCUT2D eigenvalue weighted by molar-refractivity contribution is 7.15. The van der Waals surface area contributed by atoms with Gasteiger partial charge in [0.15, 0.2) is 0 Å². The second-order valence-corrected chi connectivity index (χ2v) is 6.44. The number of methoxy groups -OCH3 is 1. The van der Waals surface area contributed by atoms with Crippen molar-refractivity contribution in [3.8, 4) is 5.75 Å². The number of nitrogens with one attached hydrogen (secondary N) is 2. The van der Waals surface area contributed by atoms with Crippen LogP contribution in [0.3, 0.4) is 0 Å². The fraction of sp³-hybridized carbons (Fsp3) is 0.118. The minimum Gasteiger partial charge on any atom is -0.495 e. The molecule has 2 aromatic carbocycles. The first-order valence-electron chi connectivity index (χ1n) is 7.82. The highest BCUT2D eigenvalue weighted by Gasteiger charge is 2.11. The monoisotopic (exact) mass is 385 g/mol. The van der Waals surface area contributed by atoms with E-state index in [4.69, 9.17) is 4.74 Å². The number of para-hydroxylation sites is 2. The molecule has 27 heavy (non-hydrogen) atoms. The molecule has 0 atom stereocenters. The van der Waals surface area contributed by atoms with Gasteiger partial charge in [-0.3, -0.25) is 15.4 Å². The van der Waals surface area contributed by atoms with Gasteiger partial charge in [-0.25, -0.2) is 4.79 Å². The summed E-state index contributed by atoms with van der Waals surface area (Å²) >= 11 is 1.23. The number of anilines is 2. The molecular weight excluding hydrogens is 370 g/mol. The van der Waals surface area contributed by atoms with E-state index in [2.05, 4.69) is 20.8 Å². The van der Waals surface area contributed by atoms with E-state index >= 15 is 0 Å². The van der Waals surface area contributed by atoms with Crippen molar-refractivity contribution >= 4 is 33.9 Å². The zero-order chi connectivity index (χ0) is 19.2. The molecule has 0 aliphatic carbocycles. The number of carbonyl (C=O) groups excluding carboxylic acids is 1. The van der Waals surface area contributed by atoms with Crippen molar-refractivity contribution in [2.75, 3.05) is 17.7 Å². The number of hydrogen-bond donors (Lipinski definition) is 2. The van der Waals surface area contributed by atoms with Gasteiger partial charge in [-0.15, -0.1) is 10.2 Å². The van der Waals surface area contributed by atoms with Gasteiger partial charge in [-0.1, -0.05) is 35.6 Å². The Bertz CT molecular complexity index is 958. The Morgan fingerprint density at radius 2 is 1.89 bits per heavy atom. The van der Waals surface area contributed by atoms with Gasteiger partial charge in [0.1, 0.15) is 10.8 Å². The van der Waals surface area contributed by atoms with E-state index in [0.717, 1.165) is 5.56 Å². The molecule has 1 heterocycles. The molecule has 2 N–H and O–H groups in total. The Kier molecular flexibility index (Phi) is 5.57. The maximum absolute atomic E-state index is 12.1. The maximum atomic E-state index is 12.1. The second kappa shape index (κ2) is 8.23. The topological polar surface area (TPSA) is 119 Å². The van der Waals surface area contributed by atoms with Crippen molar-refractivity contribution < 1.29 is 14.5 Å². The number of urea groups is 1. The molecule has 2 amide bonds. The van der Waals surface area contributed by atoms with Gasteiger partial charge in [-0.2, -0.15) is 0 Å². The number of nitro groups is 1. The van der Waals surface area contributed by atoms with E-state index in [9.17, 15) is 14.9 Å². The molecule has 1 aromatic heterocycles. The Morgan fingerprint density at radius 3 is 2.59 bits per heavy atom. The Labute approximate surface area is 158 Å². The second-order valence-electron chi connectivity index (χ2n) is 5.38. The van der Waals surface area contributed by atoms with Gasteiger partial charge >= 0.3 is 6.03 Å². The number of ether oxygens (including phenoxy) is 1. The first kappa shape index (κ1) is 18.3. The van der Waals surface area contributed by atoms with E-state index in [1.807, 2.05) is 0 Å². The molecule has 0 fully saturated rings. The summed E-state index contributed by atoms with van der Waals surface area (Å²) in [6.07, 6.45) is 0.464. The summed E-state index contributed by atoms with van der Waals surface area (Å²) < 4.78 is 5.18. The van der Waals surface area contributed by atoms with Gasteiger partial charge in [0.2, 0.25) is 5.13 Å². The van der Waals surface area contributed by atoms with Crippen LogP contribution >= 0.6 is 11.3 Å². The van der Waals surface area contributed by atoms with Crippen LogP contribution < -0.4 is 15.4 Å².